The maximum absolute atomic E-state index is 6.20. The van der Waals surface area contributed by atoms with E-state index in [2.05, 4.69) is 16.3 Å². The number of aromatic nitrogens is 1. The molecular formula is C16H18ClN3O. The first-order chi connectivity index (χ1) is 10.3. The van der Waals surface area contributed by atoms with Crippen molar-refractivity contribution in [2.45, 2.75) is 13.0 Å². The Morgan fingerprint density at radius 3 is 3.00 bits per heavy atom. The first-order valence-electron chi connectivity index (χ1n) is 7.09. The van der Waals surface area contributed by atoms with Gasteiger partial charge < -0.3 is 15.0 Å². The highest BCUT2D eigenvalue weighted by atomic mass is 35.5. The van der Waals surface area contributed by atoms with E-state index in [9.17, 15) is 0 Å². The summed E-state index contributed by atoms with van der Waals surface area (Å²) in [5, 5.41) is 3.78. The Hall–Kier alpha value is -1.78. The Morgan fingerprint density at radius 2 is 2.14 bits per heavy atom. The molecule has 1 N–H and O–H groups in total. The van der Waals surface area contributed by atoms with Crippen LogP contribution in [0.2, 0.25) is 5.02 Å². The van der Waals surface area contributed by atoms with Crippen molar-refractivity contribution in [2.24, 2.45) is 0 Å². The van der Waals surface area contributed by atoms with Gasteiger partial charge in [0, 0.05) is 13.1 Å². The Morgan fingerprint density at radius 1 is 1.29 bits per heavy atom. The van der Waals surface area contributed by atoms with Crippen LogP contribution in [0.1, 0.15) is 12.1 Å². The average Bonchev–Trinajstić information content (AvgIpc) is 2.72. The molecule has 0 fully saturated rings. The van der Waals surface area contributed by atoms with Crippen LogP contribution in [-0.4, -0.2) is 25.2 Å². The second-order valence-corrected chi connectivity index (χ2v) is 5.36. The summed E-state index contributed by atoms with van der Waals surface area (Å²) in [7, 11) is 1.89. The molecule has 0 spiro atoms. The van der Waals surface area contributed by atoms with E-state index in [4.69, 9.17) is 21.3 Å². The number of nitrogens with zero attached hydrogens (tertiary/aromatic N) is 2. The third-order valence-electron chi connectivity index (χ3n) is 3.46. The quantitative estimate of drug-likeness (QED) is 0.943. The van der Waals surface area contributed by atoms with E-state index in [1.807, 2.05) is 37.4 Å². The van der Waals surface area contributed by atoms with Crippen molar-refractivity contribution in [3.8, 4) is 5.75 Å². The number of hydrogen-bond donors (Lipinski definition) is 1. The highest BCUT2D eigenvalue weighted by Gasteiger charge is 2.19. The van der Waals surface area contributed by atoms with E-state index in [-0.39, 0.29) is 0 Å². The van der Waals surface area contributed by atoms with E-state index in [0.29, 0.717) is 11.6 Å². The second kappa shape index (κ2) is 6.33. The van der Waals surface area contributed by atoms with Gasteiger partial charge in [-0.2, -0.15) is 0 Å². The summed E-state index contributed by atoms with van der Waals surface area (Å²) in [4.78, 5) is 6.89. The van der Waals surface area contributed by atoms with Gasteiger partial charge in [-0.25, -0.2) is 4.98 Å². The monoisotopic (exact) mass is 303 g/mol. The fourth-order valence-corrected chi connectivity index (χ4v) is 2.65. The predicted molar refractivity (Wildman–Crippen MR) is 85.6 cm³/mol. The first kappa shape index (κ1) is 14.2. The van der Waals surface area contributed by atoms with E-state index < -0.39 is 0 Å². The maximum atomic E-state index is 6.20. The molecule has 3 rings (SSSR count). The lowest BCUT2D eigenvalue weighted by atomic mass is 10.2. The summed E-state index contributed by atoms with van der Waals surface area (Å²) in [5.41, 5.74) is 1.92. The van der Waals surface area contributed by atoms with Crippen LogP contribution in [0, 0.1) is 0 Å². The van der Waals surface area contributed by atoms with E-state index in [1.54, 1.807) is 0 Å². The van der Waals surface area contributed by atoms with Gasteiger partial charge in [0.15, 0.2) is 0 Å². The molecule has 2 aromatic rings. The molecule has 0 atom stereocenters. The second-order valence-electron chi connectivity index (χ2n) is 4.95. The van der Waals surface area contributed by atoms with Gasteiger partial charge in [-0.15, -0.1) is 0 Å². The van der Waals surface area contributed by atoms with Gasteiger partial charge in [-0.05, 0) is 37.7 Å². The van der Waals surface area contributed by atoms with Crippen LogP contribution < -0.4 is 15.0 Å². The normalized spacial score (nSPS) is 14.3. The van der Waals surface area contributed by atoms with Gasteiger partial charge in [0.1, 0.15) is 11.6 Å². The molecule has 1 aliphatic rings. The molecule has 1 aromatic heterocycles. The van der Waals surface area contributed by atoms with Gasteiger partial charge in [0.05, 0.1) is 23.0 Å². The molecule has 0 amide bonds. The molecule has 5 heteroatoms. The smallest absolute Gasteiger partial charge is 0.142 e. The molecule has 4 nitrogen and oxygen atoms in total. The number of para-hydroxylation sites is 2. The van der Waals surface area contributed by atoms with Gasteiger partial charge in [-0.3, -0.25) is 0 Å². The van der Waals surface area contributed by atoms with Crippen molar-refractivity contribution in [3.05, 3.63) is 47.1 Å². The molecule has 0 unspecified atom stereocenters. The zero-order valence-corrected chi connectivity index (χ0v) is 12.7. The van der Waals surface area contributed by atoms with Crippen molar-refractivity contribution >= 4 is 23.1 Å². The highest BCUT2D eigenvalue weighted by molar-refractivity contribution is 6.31. The van der Waals surface area contributed by atoms with E-state index in [0.717, 1.165) is 42.5 Å². The minimum atomic E-state index is 0.651. The molecular weight excluding hydrogens is 286 g/mol. The maximum Gasteiger partial charge on any atom is 0.142 e. The van der Waals surface area contributed by atoms with Crippen molar-refractivity contribution in [1.29, 1.82) is 0 Å². The number of fused-ring (bicyclic) bond motifs is 1. The topological polar surface area (TPSA) is 37.4 Å². The molecule has 0 bridgehead atoms. The van der Waals surface area contributed by atoms with Crippen LogP contribution in [0.15, 0.2) is 36.4 Å². The summed E-state index contributed by atoms with van der Waals surface area (Å²) in [6.07, 6.45) is 0.959. The number of pyridine rings is 1. The molecule has 2 heterocycles. The standard InChI is InChI=1S/C16H18ClN3O/c1-18-11-13-12(17)7-8-16(19-13)20-9-4-10-21-15-6-3-2-5-14(15)20/h2-3,5-8,18H,4,9-11H2,1H3. The van der Waals surface area contributed by atoms with Crippen LogP contribution in [0.5, 0.6) is 5.75 Å². The SMILES string of the molecule is CNCc1nc(N2CCCOc3ccccc32)ccc1Cl. The van der Waals surface area contributed by atoms with Gasteiger partial charge in [-0.1, -0.05) is 23.7 Å². The summed E-state index contributed by atoms with van der Waals surface area (Å²) in [6, 6.07) is 11.9. The third kappa shape index (κ3) is 2.96. The Kier molecular flexibility index (Phi) is 4.27. The molecule has 0 saturated carbocycles. The Labute approximate surface area is 129 Å². The molecule has 110 valence electrons. The van der Waals surface area contributed by atoms with Crippen molar-refractivity contribution in [1.82, 2.24) is 10.3 Å². The average molecular weight is 304 g/mol. The third-order valence-corrected chi connectivity index (χ3v) is 3.81. The highest BCUT2D eigenvalue weighted by Crippen LogP contribution is 2.35. The number of anilines is 2. The lowest BCUT2D eigenvalue weighted by molar-refractivity contribution is 0.322. The molecule has 1 aromatic carbocycles. The first-order valence-corrected chi connectivity index (χ1v) is 7.47. The minimum Gasteiger partial charge on any atom is -0.491 e. The number of halogens is 1. The van der Waals surface area contributed by atoms with E-state index >= 15 is 0 Å². The molecule has 0 aliphatic carbocycles. The van der Waals surface area contributed by atoms with Gasteiger partial charge in [0.25, 0.3) is 0 Å². The van der Waals surface area contributed by atoms with Crippen molar-refractivity contribution in [2.75, 3.05) is 25.1 Å². The molecule has 0 radical (unpaired) electrons. The van der Waals surface area contributed by atoms with Crippen LogP contribution in [-0.2, 0) is 6.54 Å². The van der Waals surface area contributed by atoms with Gasteiger partial charge in [0.2, 0.25) is 0 Å². The summed E-state index contributed by atoms with van der Waals surface area (Å²) in [5.74, 6) is 1.81. The molecule has 0 saturated heterocycles. The Bertz CT molecular complexity index is 633. The summed E-state index contributed by atoms with van der Waals surface area (Å²) < 4.78 is 5.79. The minimum absolute atomic E-state index is 0.651. The number of hydrogen-bond acceptors (Lipinski definition) is 4. The fourth-order valence-electron chi connectivity index (χ4n) is 2.48. The van der Waals surface area contributed by atoms with Crippen molar-refractivity contribution in [3.63, 3.8) is 0 Å². The fraction of sp³-hybridized carbons (Fsp3) is 0.312. The largest absolute Gasteiger partial charge is 0.491 e. The van der Waals surface area contributed by atoms with Gasteiger partial charge >= 0.3 is 0 Å². The zero-order valence-electron chi connectivity index (χ0n) is 12.0. The van der Waals surface area contributed by atoms with Crippen molar-refractivity contribution < 1.29 is 4.74 Å². The van der Waals surface area contributed by atoms with Crippen LogP contribution >= 0.6 is 11.6 Å². The molecule has 21 heavy (non-hydrogen) atoms. The Balaban J connectivity index is 2.01. The lowest BCUT2D eigenvalue weighted by Gasteiger charge is -2.23. The van der Waals surface area contributed by atoms with Crippen LogP contribution in [0.4, 0.5) is 11.5 Å². The van der Waals surface area contributed by atoms with Crippen LogP contribution in [0.25, 0.3) is 0 Å². The number of nitrogens with one attached hydrogen (secondary N) is 1. The van der Waals surface area contributed by atoms with Crippen LogP contribution in [0.3, 0.4) is 0 Å². The number of rotatable bonds is 3. The predicted octanol–water partition coefficient (Wildman–Crippen LogP) is 3.38. The van der Waals surface area contributed by atoms with E-state index in [1.165, 1.54) is 0 Å². The number of benzene rings is 1. The lowest BCUT2D eigenvalue weighted by Crippen LogP contribution is -2.20. The number of ether oxygens (including phenoxy) is 1. The molecule has 1 aliphatic heterocycles. The summed E-state index contributed by atoms with van der Waals surface area (Å²) >= 11 is 6.20. The summed E-state index contributed by atoms with van der Waals surface area (Å²) in [6.45, 7) is 2.26. The zero-order chi connectivity index (χ0) is 14.7.